The molecule has 106 valence electrons. The average molecular weight is 268 g/mol. The molecule has 2 rings (SSSR count). The Balaban J connectivity index is 2.02. The quantitative estimate of drug-likeness (QED) is 0.735. The zero-order valence-electron chi connectivity index (χ0n) is 12.6. The molecule has 2 heteroatoms. The minimum atomic E-state index is 0.612. The van der Waals surface area contributed by atoms with Gasteiger partial charge in [0.2, 0.25) is 0 Å². The number of hydrogen-bond acceptors (Lipinski definition) is 2. The van der Waals surface area contributed by atoms with Gasteiger partial charge in [-0.15, -0.1) is 0 Å². The van der Waals surface area contributed by atoms with Gasteiger partial charge >= 0.3 is 0 Å². The van der Waals surface area contributed by atoms with Crippen LogP contribution in [0.3, 0.4) is 0 Å². The molecule has 0 heterocycles. The fourth-order valence-electron chi connectivity index (χ4n) is 2.47. The molecule has 0 aliphatic rings. The third kappa shape index (κ3) is 4.02. The van der Waals surface area contributed by atoms with Gasteiger partial charge in [0.25, 0.3) is 0 Å². The van der Waals surface area contributed by atoms with E-state index in [1.165, 1.54) is 12.0 Å². The summed E-state index contributed by atoms with van der Waals surface area (Å²) in [6, 6.07) is 16.5. The van der Waals surface area contributed by atoms with Crippen LogP contribution >= 0.6 is 0 Å². The van der Waals surface area contributed by atoms with Crippen molar-refractivity contribution in [1.29, 1.82) is 0 Å². The van der Waals surface area contributed by atoms with E-state index in [0.717, 1.165) is 23.0 Å². The zero-order valence-corrected chi connectivity index (χ0v) is 12.6. The second-order valence-electron chi connectivity index (χ2n) is 5.90. The molecule has 2 nitrogen and oxygen atoms in total. The Hall–Kier alpha value is -1.96. The molecule has 3 N–H and O–H groups in total. The van der Waals surface area contributed by atoms with E-state index in [2.05, 4.69) is 50.4 Å². The van der Waals surface area contributed by atoms with Crippen molar-refractivity contribution in [2.75, 3.05) is 11.1 Å². The van der Waals surface area contributed by atoms with Gasteiger partial charge in [0.05, 0.1) is 0 Å². The van der Waals surface area contributed by atoms with Crippen molar-refractivity contribution in [3.05, 3.63) is 54.1 Å². The van der Waals surface area contributed by atoms with E-state index in [1.807, 2.05) is 24.3 Å². The highest BCUT2D eigenvalue weighted by atomic mass is 14.9. The molecule has 2 aromatic carbocycles. The molecule has 0 aliphatic heterocycles. The molecule has 0 radical (unpaired) electrons. The van der Waals surface area contributed by atoms with Gasteiger partial charge in [0.1, 0.15) is 0 Å². The van der Waals surface area contributed by atoms with E-state index in [1.54, 1.807) is 0 Å². The number of benzene rings is 2. The molecule has 0 bridgehead atoms. The fraction of sp³-hybridized carbons (Fsp3) is 0.333. The van der Waals surface area contributed by atoms with Crippen LogP contribution in [0.2, 0.25) is 0 Å². The molecule has 0 aromatic heterocycles. The van der Waals surface area contributed by atoms with Crippen molar-refractivity contribution in [3.63, 3.8) is 0 Å². The predicted octanol–water partition coefficient (Wildman–Crippen LogP) is 5.16. The summed E-state index contributed by atoms with van der Waals surface area (Å²) in [6.45, 7) is 6.84. The number of nitrogen functional groups attached to an aromatic ring is 1. The van der Waals surface area contributed by atoms with Gasteiger partial charge in [-0.1, -0.05) is 32.9 Å². The summed E-state index contributed by atoms with van der Waals surface area (Å²) < 4.78 is 0. The van der Waals surface area contributed by atoms with Gasteiger partial charge in [-0.3, -0.25) is 0 Å². The smallest absolute Gasteiger partial charge is 0.0385 e. The maximum Gasteiger partial charge on any atom is 0.0385 e. The zero-order chi connectivity index (χ0) is 14.5. The Morgan fingerprint density at radius 2 is 1.35 bits per heavy atom. The molecule has 0 saturated heterocycles. The van der Waals surface area contributed by atoms with E-state index in [-0.39, 0.29) is 0 Å². The average Bonchev–Trinajstić information content (AvgIpc) is 2.41. The number of hydrogen-bond donors (Lipinski definition) is 2. The van der Waals surface area contributed by atoms with Crippen LogP contribution in [0.1, 0.15) is 38.7 Å². The van der Waals surface area contributed by atoms with Crippen molar-refractivity contribution in [2.45, 2.75) is 33.1 Å². The molecular weight excluding hydrogens is 244 g/mol. The Bertz CT molecular complexity index is 526. The number of nitrogens with two attached hydrogens (primary N) is 1. The lowest BCUT2D eigenvalue weighted by Gasteiger charge is -2.15. The molecule has 0 amide bonds. The van der Waals surface area contributed by atoms with Crippen LogP contribution in [-0.2, 0) is 0 Å². The summed E-state index contributed by atoms with van der Waals surface area (Å²) in [7, 11) is 0. The Kier molecular flexibility index (Phi) is 4.67. The Morgan fingerprint density at radius 1 is 0.850 bits per heavy atom. The number of rotatable bonds is 5. The maximum absolute atomic E-state index is 5.69. The van der Waals surface area contributed by atoms with Crippen molar-refractivity contribution in [3.8, 4) is 0 Å². The minimum absolute atomic E-state index is 0.612. The topological polar surface area (TPSA) is 38.0 Å². The normalized spacial score (nSPS) is 12.4. The highest BCUT2D eigenvalue weighted by molar-refractivity contribution is 5.62. The molecule has 1 unspecified atom stereocenters. The highest BCUT2D eigenvalue weighted by Gasteiger charge is 2.07. The van der Waals surface area contributed by atoms with Crippen molar-refractivity contribution < 1.29 is 0 Å². The van der Waals surface area contributed by atoms with Gasteiger partial charge in [-0.25, -0.2) is 0 Å². The lowest BCUT2D eigenvalue weighted by atomic mass is 9.92. The fourth-order valence-corrected chi connectivity index (χ4v) is 2.47. The molecule has 0 saturated carbocycles. The van der Waals surface area contributed by atoms with Crippen LogP contribution in [0.15, 0.2) is 48.5 Å². The van der Waals surface area contributed by atoms with Gasteiger partial charge in [-0.2, -0.15) is 0 Å². The van der Waals surface area contributed by atoms with Gasteiger partial charge in [-0.05, 0) is 60.2 Å². The molecule has 0 fully saturated rings. The molecule has 0 spiro atoms. The largest absolute Gasteiger partial charge is 0.399 e. The van der Waals surface area contributed by atoms with E-state index in [9.17, 15) is 0 Å². The summed E-state index contributed by atoms with van der Waals surface area (Å²) >= 11 is 0. The number of nitrogens with one attached hydrogen (secondary N) is 1. The van der Waals surface area contributed by atoms with Crippen LogP contribution in [0.25, 0.3) is 0 Å². The van der Waals surface area contributed by atoms with Crippen LogP contribution in [0.4, 0.5) is 17.1 Å². The van der Waals surface area contributed by atoms with E-state index in [0.29, 0.717) is 5.92 Å². The highest BCUT2D eigenvalue weighted by Crippen LogP contribution is 2.25. The number of anilines is 3. The monoisotopic (exact) mass is 268 g/mol. The lowest BCUT2D eigenvalue weighted by molar-refractivity contribution is 0.524. The third-order valence-electron chi connectivity index (χ3n) is 3.50. The summed E-state index contributed by atoms with van der Waals surface area (Å²) in [5.74, 6) is 1.35. The first-order valence-electron chi connectivity index (χ1n) is 7.27. The van der Waals surface area contributed by atoms with E-state index < -0.39 is 0 Å². The van der Waals surface area contributed by atoms with Gasteiger partial charge < -0.3 is 11.1 Å². The van der Waals surface area contributed by atoms with Crippen LogP contribution in [0.5, 0.6) is 0 Å². The lowest BCUT2D eigenvalue weighted by Crippen LogP contribution is -1.99. The first-order valence-corrected chi connectivity index (χ1v) is 7.27. The van der Waals surface area contributed by atoms with Gasteiger partial charge in [0, 0.05) is 17.1 Å². The molecule has 0 aliphatic carbocycles. The van der Waals surface area contributed by atoms with Crippen molar-refractivity contribution in [1.82, 2.24) is 0 Å². The van der Waals surface area contributed by atoms with E-state index in [4.69, 9.17) is 5.73 Å². The molecule has 20 heavy (non-hydrogen) atoms. The van der Waals surface area contributed by atoms with Gasteiger partial charge in [0.15, 0.2) is 0 Å². The maximum atomic E-state index is 5.69. The van der Waals surface area contributed by atoms with E-state index >= 15 is 0 Å². The second kappa shape index (κ2) is 6.47. The standard InChI is InChI=1S/C18H24N2/c1-13(2)12-14(3)15-4-8-17(9-5-15)20-18-10-6-16(19)7-11-18/h4-11,13-14,20H,12,19H2,1-3H3. The Morgan fingerprint density at radius 3 is 1.85 bits per heavy atom. The summed E-state index contributed by atoms with van der Waals surface area (Å²) in [5, 5.41) is 3.38. The molecule has 1 atom stereocenters. The van der Waals surface area contributed by atoms with Crippen LogP contribution < -0.4 is 11.1 Å². The summed E-state index contributed by atoms with van der Waals surface area (Å²) in [4.78, 5) is 0. The summed E-state index contributed by atoms with van der Waals surface area (Å²) in [5.41, 5.74) is 10.0. The van der Waals surface area contributed by atoms with Crippen molar-refractivity contribution >= 4 is 17.1 Å². The van der Waals surface area contributed by atoms with Crippen LogP contribution in [-0.4, -0.2) is 0 Å². The second-order valence-corrected chi connectivity index (χ2v) is 5.90. The SMILES string of the molecule is CC(C)CC(C)c1ccc(Nc2ccc(N)cc2)cc1. The summed E-state index contributed by atoms with van der Waals surface area (Å²) in [6.07, 6.45) is 1.23. The minimum Gasteiger partial charge on any atom is -0.399 e. The van der Waals surface area contributed by atoms with Crippen molar-refractivity contribution in [2.24, 2.45) is 5.92 Å². The first kappa shape index (κ1) is 14.4. The van der Waals surface area contributed by atoms with Crippen LogP contribution in [0, 0.1) is 5.92 Å². The predicted molar refractivity (Wildman–Crippen MR) is 88.4 cm³/mol. The Labute approximate surface area is 122 Å². The molecule has 2 aromatic rings. The first-order chi connectivity index (χ1) is 9.54. The molecular formula is C18H24N2. The third-order valence-corrected chi connectivity index (χ3v) is 3.50.